The van der Waals surface area contributed by atoms with Crippen LogP contribution in [0.15, 0.2) is 120 Å². The molecule has 289 valence electrons. The van der Waals surface area contributed by atoms with E-state index in [1.165, 1.54) is 22.9 Å². The number of imidazole rings is 1. The molecule has 4 heterocycles. The van der Waals surface area contributed by atoms with Gasteiger partial charge in [0.2, 0.25) is 0 Å². The van der Waals surface area contributed by atoms with Crippen molar-refractivity contribution in [3.63, 3.8) is 0 Å². The Morgan fingerprint density at radius 1 is 0.772 bits per heavy atom. The average molecular weight is 932 g/mol. The van der Waals surface area contributed by atoms with E-state index < -0.39 is 12.7 Å². The number of benzene rings is 5. The second-order valence-electron chi connectivity index (χ2n) is 15.9. The number of rotatable bonds is 5. The first-order valence-electron chi connectivity index (χ1n) is 20.5. The van der Waals surface area contributed by atoms with Gasteiger partial charge in [0.15, 0.2) is 5.65 Å². The molecular formula is C50H45FIrN4O-2. The molecular weight excluding hydrogens is 884 g/mol. The van der Waals surface area contributed by atoms with Gasteiger partial charge in [0.05, 0.1) is 16.9 Å². The fourth-order valence-corrected chi connectivity index (χ4v) is 7.36. The SMILES string of the molecule is CC(C)c1cccc(C(C)C)c1-n1c(-c2[c-]ccc3c2oc2ccccc23)nc2ncc3ccccc3c21.[2H]C([2H])([2H])c1c[c-]c(-c2ccc(C(C)(C)C)cn2)c(F)c1.[Ir]. The molecule has 57 heavy (non-hydrogen) atoms. The summed E-state index contributed by atoms with van der Waals surface area (Å²) in [5, 5.41) is 4.37. The summed E-state index contributed by atoms with van der Waals surface area (Å²) in [6.45, 7) is 12.9. The van der Waals surface area contributed by atoms with Crippen molar-refractivity contribution in [2.75, 3.05) is 0 Å². The first-order valence-corrected chi connectivity index (χ1v) is 19.0. The van der Waals surface area contributed by atoms with Crippen molar-refractivity contribution in [3.05, 3.63) is 156 Å². The number of aromatic nitrogens is 4. The average Bonchev–Trinajstić information content (AvgIpc) is 3.79. The molecule has 0 N–H and O–H groups in total. The molecule has 0 aliphatic heterocycles. The number of halogens is 1. The fourth-order valence-electron chi connectivity index (χ4n) is 7.36. The van der Waals surface area contributed by atoms with Crippen LogP contribution >= 0.6 is 0 Å². The fraction of sp³-hybridized carbons (Fsp3) is 0.220. The third-order valence-electron chi connectivity index (χ3n) is 10.3. The molecule has 0 aliphatic rings. The number of hydrogen-bond donors (Lipinski definition) is 0. The predicted molar refractivity (Wildman–Crippen MR) is 228 cm³/mol. The molecule has 0 saturated carbocycles. The van der Waals surface area contributed by atoms with Crippen molar-refractivity contribution in [1.82, 2.24) is 19.5 Å². The van der Waals surface area contributed by atoms with Gasteiger partial charge >= 0.3 is 0 Å². The summed E-state index contributed by atoms with van der Waals surface area (Å²) in [5.41, 5.74) is 9.54. The maximum Gasteiger partial charge on any atom is 0.169 e. The van der Waals surface area contributed by atoms with Gasteiger partial charge in [-0.05, 0) is 45.7 Å². The number of hydrogen-bond acceptors (Lipinski definition) is 4. The van der Waals surface area contributed by atoms with Crippen LogP contribution in [0, 0.1) is 24.8 Å². The largest absolute Gasteiger partial charge is 0.501 e. The number of furan rings is 1. The van der Waals surface area contributed by atoms with Crippen molar-refractivity contribution in [1.29, 1.82) is 0 Å². The van der Waals surface area contributed by atoms with E-state index in [2.05, 4.69) is 125 Å². The number of nitrogens with zero attached hydrogens (tertiary/aromatic N) is 4. The van der Waals surface area contributed by atoms with E-state index in [-0.39, 0.29) is 36.6 Å². The first kappa shape index (κ1) is 35.9. The van der Waals surface area contributed by atoms with Crippen molar-refractivity contribution in [2.45, 2.75) is 72.6 Å². The summed E-state index contributed by atoms with van der Waals surface area (Å²) in [7, 11) is 0. The van der Waals surface area contributed by atoms with Gasteiger partial charge in [0, 0.05) is 64.3 Å². The molecule has 1 radical (unpaired) electrons. The second kappa shape index (κ2) is 15.8. The predicted octanol–water partition coefficient (Wildman–Crippen LogP) is 13.5. The summed E-state index contributed by atoms with van der Waals surface area (Å²) in [5.74, 6) is 0.814. The van der Waals surface area contributed by atoms with Crippen molar-refractivity contribution in [2.24, 2.45) is 0 Å². The first-order chi connectivity index (χ1) is 28.1. The van der Waals surface area contributed by atoms with Gasteiger partial charge in [-0.1, -0.05) is 145 Å². The van der Waals surface area contributed by atoms with E-state index in [9.17, 15) is 4.39 Å². The van der Waals surface area contributed by atoms with Gasteiger partial charge in [0.25, 0.3) is 0 Å². The zero-order valence-electron chi connectivity index (χ0n) is 36.0. The molecule has 0 saturated heterocycles. The van der Waals surface area contributed by atoms with Gasteiger partial charge in [-0.25, -0.2) is 4.98 Å². The van der Waals surface area contributed by atoms with Crippen LogP contribution in [-0.2, 0) is 25.5 Å². The van der Waals surface area contributed by atoms with E-state index in [1.54, 1.807) is 12.3 Å². The van der Waals surface area contributed by atoms with Crippen LogP contribution in [0.1, 0.15) is 86.7 Å². The number of fused-ring (bicyclic) bond motifs is 6. The number of pyridine rings is 2. The molecule has 5 nitrogen and oxygen atoms in total. The van der Waals surface area contributed by atoms with Gasteiger partial charge in [0.1, 0.15) is 5.58 Å². The zero-order chi connectivity index (χ0) is 41.8. The normalized spacial score (nSPS) is 12.8. The Hall–Kier alpha value is -5.49. The summed E-state index contributed by atoms with van der Waals surface area (Å²) >= 11 is 0. The number of para-hydroxylation sites is 2. The Labute approximate surface area is 351 Å². The standard InChI is InChI=1S/C34H28N3O.C16H17FN.Ir/c1-20(2)23-14-9-15-24(21(3)4)30(23)37-31-25-12-6-5-11-22(25)19-35-33(31)36-34(37)28-17-10-16-27-26-13-7-8-18-29(26)38-32(27)28;1-11-5-7-13(14(17)9-11)15-8-6-12(10-18-15)16(2,3)4;/h5-16,18-21H,1-4H3;5-6,8-10H,1-4H3;/q2*-1;/i;1D3;. The molecule has 5 aromatic carbocycles. The maximum absolute atomic E-state index is 14.1. The smallest absolute Gasteiger partial charge is 0.169 e. The van der Waals surface area contributed by atoms with E-state index in [4.69, 9.17) is 18.5 Å². The third kappa shape index (κ3) is 7.43. The van der Waals surface area contributed by atoms with E-state index >= 15 is 0 Å². The van der Waals surface area contributed by atoms with Crippen LogP contribution in [0.25, 0.3) is 72.2 Å². The Kier molecular flexibility index (Phi) is 9.95. The molecule has 7 heteroatoms. The van der Waals surface area contributed by atoms with Gasteiger partial charge < -0.3 is 14.0 Å². The van der Waals surface area contributed by atoms with Gasteiger partial charge in [-0.2, -0.15) is 0 Å². The minimum atomic E-state index is -2.33. The molecule has 0 unspecified atom stereocenters. The summed E-state index contributed by atoms with van der Waals surface area (Å²) < 4.78 is 44.7. The Balaban J connectivity index is 0.000000212. The quantitative estimate of drug-likeness (QED) is 0.161. The van der Waals surface area contributed by atoms with E-state index in [0.29, 0.717) is 23.2 Å². The molecule has 0 fully saturated rings. The number of aryl methyl sites for hydroxylation is 1. The molecule has 0 aliphatic carbocycles. The maximum atomic E-state index is 14.1. The van der Waals surface area contributed by atoms with Gasteiger partial charge in [-0.15, -0.1) is 42.0 Å². The molecule has 9 aromatic rings. The molecule has 0 atom stereocenters. The topological polar surface area (TPSA) is 56.7 Å². The van der Waals surface area contributed by atoms with Crippen LogP contribution in [0.3, 0.4) is 0 Å². The third-order valence-corrected chi connectivity index (χ3v) is 10.3. The van der Waals surface area contributed by atoms with Gasteiger partial charge in [-0.3, -0.25) is 9.37 Å². The van der Waals surface area contributed by atoms with E-state index in [1.807, 2.05) is 36.5 Å². The van der Waals surface area contributed by atoms with Crippen molar-refractivity contribution < 1.29 is 33.0 Å². The molecule has 4 aromatic heterocycles. The Bertz CT molecular complexity index is 2970. The van der Waals surface area contributed by atoms with Crippen LogP contribution in [0.2, 0.25) is 0 Å². The zero-order valence-corrected chi connectivity index (χ0v) is 35.4. The molecule has 0 amide bonds. The van der Waals surface area contributed by atoms with Crippen LogP contribution in [-0.4, -0.2) is 19.5 Å². The monoisotopic (exact) mass is 932 g/mol. The minimum Gasteiger partial charge on any atom is -0.501 e. The Morgan fingerprint density at radius 2 is 1.49 bits per heavy atom. The van der Waals surface area contributed by atoms with E-state index in [0.717, 1.165) is 61.2 Å². The molecule has 0 spiro atoms. The van der Waals surface area contributed by atoms with Crippen LogP contribution in [0.4, 0.5) is 4.39 Å². The molecule has 9 rings (SSSR count). The van der Waals surface area contributed by atoms with Crippen molar-refractivity contribution in [3.8, 4) is 28.3 Å². The van der Waals surface area contributed by atoms with Crippen molar-refractivity contribution >= 4 is 43.9 Å². The minimum absolute atomic E-state index is 0. The van der Waals surface area contributed by atoms with Crippen LogP contribution in [0.5, 0.6) is 0 Å². The van der Waals surface area contributed by atoms with Crippen LogP contribution < -0.4 is 0 Å². The molecule has 0 bridgehead atoms. The summed E-state index contributed by atoms with van der Waals surface area (Å²) in [6.07, 6.45) is 3.63. The summed E-state index contributed by atoms with van der Waals surface area (Å²) in [4.78, 5) is 14.3. The second-order valence-corrected chi connectivity index (χ2v) is 15.9. The Morgan fingerprint density at radius 3 is 2.16 bits per heavy atom. The summed E-state index contributed by atoms with van der Waals surface area (Å²) in [6, 6.07) is 39.4.